The highest BCUT2D eigenvalue weighted by Crippen LogP contribution is 2.29. The smallest absolute Gasteiger partial charge is 0.0521 e. The van der Waals surface area contributed by atoms with Crippen molar-refractivity contribution in [2.45, 2.75) is 38.6 Å². The van der Waals surface area contributed by atoms with Gasteiger partial charge in [-0.3, -0.25) is 0 Å². The van der Waals surface area contributed by atoms with Crippen molar-refractivity contribution in [2.24, 2.45) is 5.92 Å². The molecular formula is C11H23NOS. The van der Waals surface area contributed by atoms with Crippen LogP contribution in [0.5, 0.6) is 0 Å². The maximum atomic E-state index is 8.73. The molecule has 0 heterocycles. The second-order valence-electron chi connectivity index (χ2n) is 4.01. The molecule has 0 bridgehead atoms. The molecule has 0 saturated heterocycles. The van der Waals surface area contributed by atoms with Gasteiger partial charge in [0.05, 0.1) is 6.61 Å². The normalized spacial score (nSPS) is 20.1. The molecular weight excluding hydrogens is 194 g/mol. The van der Waals surface area contributed by atoms with Gasteiger partial charge >= 0.3 is 0 Å². The number of hydrogen-bond acceptors (Lipinski definition) is 3. The van der Waals surface area contributed by atoms with Crippen LogP contribution >= 0.6 is 11.8 Å². The van der Waals surface area contributed by atoms with Gasteiger partial charge in [-0.15, -0.1) is 0 Å². The van der Waals surface area contributed by atoms with Crippen molar-refractivity contribution in [1.29, 1.82) is 0 Å². The predicted molar refractivity (Wildman–Crippen MR) is 63.8 cm³/mol. The fourth-order valence-corrected chi connectivity index (χ4v) is 3.20. The maximum absolute atomic E-state index is 8.73. The Morgan fingerprint density at radius 1 is 1.43 bits per heavy atom. The molecule has 14 heavy (non-hydrogen) atoms. The van der Waals surface area contributed by atoms with Crippen LogP contribution in [0.4, 0.5) is 0 Å². The molecule has 0 aromatic carbocycles. The van der Waals surface area contributed by atoms with Crippen LogP contribution in [-0.4, -0.2) is 35.8 Å². The first kappa shape index (κ1) is 12.3. The Kier molecular flexibility index (Phi) is 6.65. The van der Waals surface area contributed by atoms with Crippen LogP contribution < -0.4 is 5.32 Å². The topological polar surface area (TPSA) is 32.3 Å². The molecule has 1 aliphatic carbocycles. The first-order valence-electron chi connectivity index (χ1n) is 5.80. The van der Waals surface area contributed by atoms with Crippen molar-refractivity contribution in [1.82, 2.24) is 5.32 Å². The van der Waals surface area contributed by atoms with E-state index in [4.69, 9.17) is 5.11 Å². The highest BCUT2D eigenvalue weighted by atomic mass is 32.2. The minimum Gasteiger partial charge on any atom is -0.396 e. The van der Waals surface area contributed by atoms with Crippen LogP contribution in [0, 0.1) is 5.92 Å². The summed E-state index contributed by atoms with van der Waals surface area (Å²) in [6, 6.07) is 0.680. The SMILES string of the molecule is CCNC(CSCCO)C1CCCC1. The molecule has 0 spiro atoms. The van der Waals surface area contributed by atoms with Crippen molar-refractivity contribution in [2.75, 3.05) is 24.7 Å². The quantitative estimate of drug-likeness (QED) is 0.639. The molecule has 1 aliphatic rings. The lowest BCUT2D eigenvalue weighted by molar-refractivity contribution is 0.322. The Morgan fingerprint density at radius 3 is 2.71 bits per heavy atom. The van der Waals surface area contributed by atoms with Crippen LogP contribution in [0.1, 0.15) is 32.6 Å². The lowest BCUT2D eigenvalue weighted by Crippen LogP contribution is -2.37. The highest BCUT2D eigenvalue weighted by molar-refractivity contribution is 7.99. The Balaban J connectivity index is 2.22. The van der Waals surface area contributed by atoms with E-state index in [-0.39, 0.29) is 0 Å². The van der Waals surface area contributed by atoms with Crippen molar-refractivity contribution < 1.29 is 5.11 Å². The highest BCUT2D eigenvalue weighted by Gasteiger charge is 2.23. The molecule has 0 radical (unpaired) electrons. The summed E-state index contributed by atoms with van der Waals surface area (Å²) in [4.78, 5) is 0. The molecule has 0 aromatic rings. The second-order valence-corrected chi connectivity index (χ2v) is 5.16. The Hall–Kier alpha value is 0.270. The van der Waals surface area contributed by atoms with E-state index in [2.05, 4.69) is 12.2 Å². The second kappa shape index (κ2) is 7.55. The maximum Gasteiger partial charge on any atom is 0.0521 e. The van der Waals surface area contributed by atoms with E-state index in [1.165, 1.54) is 31.4 Å². The first-order valence-corrected chi connectivity index (χ1v) is 6.96. The van der Waals surface area contributed by atoms with E-state index in [9.17, 15) is 0 Å². The van der Waals surface area contributed by atoms with E-state index < -0.39 is 0 Å². The third-order valence-electron chi connectivity index (χ3n) is 2.97. The lowest BCUT2D eigenvalue weighted by atomic mass is 10.00. The van der Waals surface area contributed by atoms with Crippen molar-refractivity contribution >= 4 is 11.8 Å². The number of aliphatic hydroxyl groups is 1. The summed E-state index contributed by atoms with van der Waals surface area (Å²) in [5.41, 5.74) is 0. The molecule has 2 nitrogen and oxygen atoms in total. The van der Waals surface area contributed by atoms with E-state index in [0.717, 1.165) is 18.2 Å². The zero-order valence-corrected chi connectivity index (χ0v) is 9.98. The van der Waals surface area contributed by atoms with E-state index in [0.29, 0.717) is 12.6 Å². The number of hydrogen-bond donors (Lipinski definition) is 2. The zero-order chi connectivity index (χ0) is 10.2. The molecule has 0 amide bonds. The Bertz CT molecular complexity index is 137. The number of nitrogens with one attached hydrogen (secondary N) is 1. The van der Waals surface area contributed by atoms with Gasteiger partial charge in [0, 0.05) is 17.5 Å². The van der Waals surface area contributed by atoms with Gasteiger partial charge in [0.15, 0.2) is 0 Å². The first-order chi connectivity index (χ1) is 6.88. The van der Waals surface area contributed by atoms with Gasteiger partial charge in [-0.05, 0) is 25.3 Å². The number of rotatable bonds is 7. The predicted octanol–water partition coefficient (Wildman–Crippen LogP) is 1.88. The Morgan fingerprint density at radius 2 is 2.14 bits per heavy atom. The fraction of sp³-hybridized carbons (Fsp3) is 1.00. The molecule has 3 heteroatoms. The summed E-state index contributed by atoms with van der Waals surface area (Å²) in [5, 5.41) is 12.3. The van der Waals surface area contributed by atoms with Crippen LogP contribution in [0.25, 0.3) is 0 Å². The monoisotopic (exact) mass is 217 g/mol. The standard InChI is InChI=1S/C11H23NOS/c1-2-12-11(9-14-8-7-13)10-5-3-4-6-10/h10-13H,2-9H2,1H3. The fourth-order valence-electron chi connectivity index (χ4n) is 2.26. The van der Waals surface area contributed by atoms with Crippen LogP contribution in [0.15, 0.2) is 0 Å². The summed E-state index contributed by atoms with van der Waals surface area (Å²) in [6.07, 6.45) is 5.63. The third kappa shape index (κ3) is 4.20. The molecule has 0 aromatic heterocycles. The van der Waals surface area contributed by atoms with Gasteiger partial charge in [0.2, 0.25) is 0 Å². The van der Waals surface area contributed by atoms with Crippen molar-refractivity contribution in [3.8, 4) is 0 Å². The van der Waals surface area contributed by atoms with Crippen LogP contribution in [0.3, 0.4) is 0 Å². The summed E-state index contributed by atoms with van der Waals surface area (Å²) in [7, 11) is 0. The molecule has 1 unspecified atom stereocenters. The number of aliphatic hydroxyl groups excluding tert-OH is 1. The average molecular weight is 217 g/mol. The van der Waals surface area contributed by atoms with Gasteiger partial charge in [-0.2, -0.15) is 11.8 Å². The summed E-state index contributed by atoms with van der Waals surface area (Å²) < 4.78 is 0. The van der Waals surface area contributed by atoms with E-state index in [1.807, 2.05) is 11.8 Å². The molecule has 1 saturated carbocycles. The minimum absolute atomic E-state index is 0.314. The molecule has 1 fully saturated rings. The third-order valence-corrected chi connectivity index (χ3v) is 4.03. The summed E-state index contributed by atoms with van der Waals surface area (Å²) in [6.45, 7) is 3.56. The van der Waals surface area contributed by atoms with Crippen molar-refractivity contribution in [3.05, 3.63) is 0 Å². The van der Waals surface area contributed by atoms with Crippen LogP contribution in [0.2, 0.25) is 0 Å². The molecule has 2 N–H and O–H groups in total. The van der Waals surface area contributed by atoms with Gasteiger partial charge in [-0.25, -0.2) is 0 Å². The molecule has 0 aliphatic heterocycles. The molecule has 84 valence electrons. The van der Waals surface area contributed by atoms with Crippen molar-refractivity contribution in [3.63, 3.8) is 0 Å². The van der Waals surface area contributed by atoms with Gasteiger partial charge in [0.1, 0.15) is 0 Å². The van der Waals surface area contributed by atoms with E-state index in [1.54, 1.807) is 0 Å². The Labute approximate surface area is 91.9 Å². The largest absolute Gasteiger partial charge is 0.396 e. The summed E-state index contributed by atoms with van der Waals surface area (Å²) in [5.74, 6) is 2.94. The zero-order valence-electron chi connectivity index (χ0n) is 9.17. The molecule has 1 atom stereocenters. The number of thioether (sulfide) groups is 1. The summed E-state index contributed by atoms with van der Waals surface area (Å²) >= 11 is 1.88. The lowest BCUT2D eigenvalue weighted by Gasteiger charge is -2.23. The minimum atomic E-state index is 0.314. The van der Waals surface area contributed by atoms with Gasteiger partial charge in [-0.1, -0.05) is 19.8 Å². The van der Waals surface area contributed by atoms with Gasteiger partial charge in [0.25, 0.3) is 0 Å². The van der Waals surface area contributed by atoms with Gasteiger partial charge < -0.3 is 10.4 Å². The van der Waals surface area contributed by atoms with Crippen LogP contribution in [-0.2, 0) is 0 Å². The van der Waals surface area contributed by atoms with E-state index >= 15 is 0 Å². The average Bonchev–Trinajstić information content (AvgIpc) is 2.70. The molecule has 1 rings (SSSR count).